The maximum Gasteiger partial charge on any atom is 0.149 e. The molecule has 0 saturated carbocycles. The molecule has 0 radical (unpaired) electrons. The Balaban J connectivity index is 1.08. The van der Waals surface area contributed by atoms with E-state index in [0.717, 1.165) is 21.3 Å². The zero-order valence-corrected chi connectivity index (χ0v) is 32.3. The minimum atomic E-state index is -0.569. The van der Waals surface area contributed by atoms with Crippen LogP contribution in [0.2, 0.25) is 0 Å². The second kappa shape index (κ2) is 11.8. The van der Waals surface area contributed by atoms with Crippen molar-refractivity contribution in [3.8, 4) is 56.0 Å². The van der Waals surface area contributed by atoms with E-state index in [1.54, 1.807) is 11.8 Å². The van der Waals surface area contributed by atoms with Crippen LogP contribution in [0.15, 0.2) is 216 Å². The minimum absolute atomic E-state index is 0.399. The lowest BCUT2D eigenvalue weighted by atomic mass is 9.67. The first-order chi connectivity index (χ1) is 28.8. The Morgan fingerprint density at radius 1 is 0.328 bits per heavy atom. The third-order valence-corrected chi connectivity index (χ3v) is 14.3. The smallest absolute Gasteiger partial charge is 0.149 e. The van der Waals surface area contributed by atoms with Gasteiger partial charge in [-0.2, -0.15) is 0 Å². The summed E-state index contributed by atoms with van der Waals surface area (Å²) in [7, 11) is 0. The molecule has 9 aromatic rings. The minimum Gasteiger partial charge on any atom is -0.454 e. The summed E-state index contributed by atoms with van der Waals surface area (Å²) < 4.78 is 6.93. The van der Waals surface area contributed by atoms with Crippen molar-refractivity contribution in [3.05, 3.63) is 251 Å². The van der Waals surface area contributed by atoms with Gasteiger partial charge < -0.3 is 4.74 Å². The summed E-state index contributed by atoms with van der Waals surface area (Å²) in [5, 5.41) is 0. The van der Waals surface area contributed by atoms with Gasteiger partial charge in [0.1, 0.15) is 11.5 Å². The molecule has 0 amide bonds. The van der Waals surface area contributed by atoms with Crippen molar-refractivity contribution in [2.24, 2.45) is 0 Å². The van der Waals surface area contributed by atoms with Crippen molar-refractivity contribution in [2.45, 2.75) is 20.6 Å². The monoisotopic (exact) mass is 754 g/mol. The van der Waals surface area contributed by atoms with Crippen LogP contribution in [0.4, 0.5) is 0 Å². The van der Waals surface area contributed by atoms with Gasteiger partial charge in [0.15, 0.2) is 0 Å². The average molecular weight is 755 g/mol. The Morgan fingerprint density at radius 3 is 1.41 bits per heavy atom. The topological polar surface area (TPSA) is 9.23 Å². The van der Waals surface area contributed by atoms with E-state index < -0.39 is 10.8 Å². The number of benzene rings is 9. The molecule has 9 aromatic carbocycles. The zero-order chi connectivity index (χ0) is 38.0. The van der Waals surface area contributed by atoms with Gasteiger partial charge in [-0.05, 0) is 114 Å². The van der Waals surface area contributed by atoms with Crippen molar-refractivity contribution >= 4 is 11.8 Å². The molecule has 0 fully saturated rings. The zero-order valence-electron chi connectivity index (χ0n) is 31.4. The summed E-state index contributed by atoms with van der Waals surface area (Å²) in [4.78, 5) is 2.29. The molecule has 0 atom stereocenters. The van der Waals surface area contributed by atoms with Crippen LogP contribution in [0.1, 0.15) is 44.5 Å². The van der Waals surface area contributed by atoms with Crippen LogP contribution < -0.4 is 4.74 Å². The van der Waals surface area contributed by atoms with Crippen LogP contribution in [-0.4, -0.2) is 0 Å². The maximum atomic E-state index is 6.93. The number of hydrogen-bond donors (Lipinski definition) is 0. The first kappa shape index (κ1) is 32.2. The van der Waals surface area contributed by atoms with Gasteiger partial charge in [0, 0.05) is 5.56 Å². The Hall–Kier alpha value is -6.87. The Labute approximate surface area is 342 Å². The Bertz CT molecular complexity index is 3080. The molecular formula is C56H34OS. The van der Waals surface area contributed by atoms with E-state index in [-0.39, 0.29) is 0 Å². The molecule has 0 N–H and O–H groups in total. The fourth-order valence-corrected chi connectivity index (χ4v) is 12.0. The normalized spacial score (nSPS) is 14.9. The molecule has 1 aliphatic heterocycles. The highest BCUT2D eigenvalue weighted by molar-refractivity contribution is 7.99. The first-order valence-electron chi connectivity index (χ1n) is 20.1. The van der Waals surface area contributed by atoms with Crippen LogP contribution in [0.5, 0.6) is 11.5 Å². The molecule has 13 rings (SSSR count). The van der Waals surface area contributed by atoms with E-state index in [9.17, 15) is 0 Å². The highest BCUT2D eigenvalue weighted by Gasteiger charge is 2.52. The maximum absolute atomic E-state index is 6.93. The van der Waals surface area contributed by atoms with E-state index in [4.69, 9.17) is 4.74 Å². The Morgan fingerprint density at radius 2 is 0.810 bits per heavy atom. The lowest BCUT2D eigenvalue weighted by Crippen LogP contribution is -2.28. The number of hydrogen-bond acceptors (Lipinski definition) is 2. The van der Waals surface area contributed by atoms with Crippen molar-refractivity contribution in [3.63, 3.8) is 0 Å². The van der Waals surface area contributed by atoms with Crippen LogP contribution in [0, 0.1) is 0 Å². The molecule has 1 nitrogen and oxygen atoms in total. The van der Waals surface area contributed by atoms with Gasteiger partial charge in [0.2, 0.25) is 0 Å². The third-order valence-electron chi connectivity index (χ3n) is 13.2. The molecule has 1 spiro atoms. The third kappa shape index (κ3) is 4.03. The van der Waals surface area contributed by atoms with Crippen molar-refractivity contribution in [1.82, 2.24) is 0 Å². The van der Waals surface area contributed by atoms with Gasteiger partial charge in [-0.15, -0.1) is 0 Å². The fraction of sp³-hybridized carbons (Fsp3) is 0.0357. The summed E-state index contributed by atoms with van der Waals surface area (Å²) in [5.74, 6) is 1.85. The molecule has 3 aliphatic carbocycles. The number of para-hydroxylation sites is 1. The molecule has 4 aliphatic rings. The number of fused-ring (bicyclic) bond motifs is 16. The standard InChI is InChI=1S/C56H34OS/c1-3-15-37(16-4-1)55(38-17-5-2-6-18-38)47-31-32-52-54(57-50-25-13-14-26-51(50)58-52)53(47)43-30-28-36(34-49(43)55)35-27-29-42-41-21-9-12-24-46(41)56(48(42)33-35)44-22-10-7-19-39(44)40-20-8-11-23-45(40)56/h1-34H. The molecular weight excluding hydrogens is 721 g/mol. The van der Waals surface area contributed by atoms with Crippen molar-refractivity contribution < 1.29 is 4.74 Å². The summed E-state index contributed by atoms with van der Waals surface area (Å²) in [5.41, 5.74) is 19.5. The SMILES string of the molecule is c1ccc(C2(c3ccccc3)c3cc(-c4ccc5c(c4)C4(c6ccccc6-c6ccccc64)c4ccccc4-5)ccc3-c3c2ccc2c3Oc3ccccc3S2)cc1. The molecule has 58 heavy (non-hydrogen) atoms. The van der Waals surface area contributed by atoms with Gasteiger partial charge in [0.05, 0.1) is 20.6 Å². The van der Waals surface area contributed by atoms with Gasteiger partial charge >= 0.3 is 0 Å². The molecule has 1 heterocycles. The lowest BCUT2D eigenvalue weighted by molar-refractivity contribution is 0.456. The number of ether oxygens (including phenoxy) is 1. The summed E-state index contributed by atoms with van der Waals surface area (Å²) in [6, 6.07) is 76.8. The van der Waals surface area contributed by atoms with E-state index in [2.05, 4.69) is 206 Å². The number of rotatable bonds is 3. The largest absolute Gasteiger partial charge is 0.454 e. The summed E-state index contributed by atoms with van der Waals surface area (Å²) >= 11 is 1.80. The lowest BCUT2D eigenvalue weighted by Gasteiger charge is -2.34. The predicted molar refractivity (Wildman–Crippen MR) is 236 cm³/mol. The van der Waals surface area contributed by atoms with Crippen molar-refractivity contribution in [1.29, 1.82) is 0 Å². The molecule has 0 aromatic heterocycles. The molecule has 2 heteroatoms. The fourth-order valence-electron chi connectivity index (χ4n) is 11.0. The van der Waals surface area contributed by atoms with Crippen LogP contribution >= 0.6 is 11.8 Å². The Kier molecular flexibility index (Phi) is 6.58. The highest BCUT2D eigenvalue weighted by atomic mass is 32.2. The second-order valence-corrected chi connectivity index (χ2v) is 16.9. The van der Waals surface area contributed by atoms with Gasteiger partial charge in [0.25, 0.3) is 0 Å². The predicted octanol–water partition coefficient (Wildman–Crippen LogP) is 14.3. The average Bonchev–Trinajstić information content (AvgIpc) is 3.89. The van der Waals surface area contributed by atoms with Gasteiger partial charge in [-0.3, -0.25) is 0 Å². The summed E-state index contributed by atoms with van der Waals surface area (Å²) in [6.45, 7) is 0. The van der Waals surface area contributed by atoms with Crippen LogP contribution in [0.25, 0.3) is 44.5 Å². The molecule has 0 bridgehead atoms. The van der Waals surface area contributed by atoms with E-state index in [1.807, 2.05) is 0 Å². The van der Waals surface area contributed by atoms with Gasteiger partial charge in [-0.1, -0.05) is 188 Å². The van der Waals surface area contributed by atoms with E-state index in [0.29, 0.717) is 0 Å². The van der Waals surface area contributed by atoms with Crippen LogP contribution in [-0.2, 0) is 10.8 Å². The van der Waals surface area contributed by atoms with Crippen molar-refractivity contribution in [2.75, 3.05) is 0 Å². The van der Waals surface area contributed by atoms with Crippen LogP contribution in [0.3, 0.4) is 0 Å². The van der Waals surface area contributed by atoms with E-state index >= 15 is 0 Å². The molecule has 270 valence electrons. The summed E-state index contributed by atoms with van der Waals surface area (Å²) in [6.07, 6.45) is 0. The molecule has 0 saturated heterocycles. The van der Waals surface area contributed by atoms with Gasteiger partial charge in [-0.25, -0.2) is 0 Å². The molecule has 0 unspecified atom stereocenters. The quantitative estimate of drug-likeness (QED) is 0.178. The second-order valence-electron chi connectivity index (χ2n) is 15.9. The highest BCUT2D eigenvalue weighted by Crippen LogP contribution is 2.65. The van der Waals surface area contributed by atoms with E-state index in [1.165, 1.54) is 89.0 Å². The first-order valence-corrected chi connectivity index (χ1v) is 20.9.